The summed E-state index contributed by atoms with van der Waals surface area (Å²) in [5.41, 5.74) is 1.20. The average molecular weight is 287 g/mol. The molecule has 0 bridgehead atoms. The first-order valence-corrected chi connectivity index (χ1v) is 8.50. The topological polar surface area (TPSA) is 46.2 Å². The second-order valence-corrected chi connectivity index (χ2v) is 7.35. The van der Waals surface area contributed by atoms with E-state index >= 15 is 0 Å². The van der Waals surface area contributed by atoms with Crippen LogP contribution >= 0.6 is 11.3 Å². The van der Waals surface area contributed by atoms with Crippen LogP contribution in [-0.4, -0.2) is 21.6 Å². The first kappa shape index (κ1) is 15.4. The first-order chi connectivity index (χ1) is 8.49. The molecular weight excluding hydrogens is 266 g/mol. The smallest absolute Gasteiger partial charge is 0.232 e. The molecule has 1 heterocycles. The van der Waals surface area contributed by atoms with E-state index in [9.17, 15) is 9.00 Å². The molecule has 1 atom stereocenters. The predicted molar refractivity (Wildman–Crippen MR) is 78.2 cm³/mol. The van der Waals surface area contributed by atoms with Crippen molar-refractivity contribution < 1.29 is 9.00 Å². The van der Waals surface area contributed by atoms with Crippen molar-refractivity contribution in [2.75, 3.05) is 11.5 Å². The molecule has 1 N–H and O–H groups in total. The van der Waals surface area contributed by atoms with Crippen molar-refractivity contribution in [3.05, 3.63) is 21.9 Å². The number of hydrogen-bond donors (Lipinski definition) is 1. The Morgan fingerprint density at radius 1 is 1.50 bits per heavy atom. The van der Waals surface area contributed by atoms with Crippen LogP contribution in [0.2, 0.25) is 0 Å². The zero-order valence-corrected chi connectivity index (χ0v) is 12.8. The number of carbonyl (C=O) groups excluding carboxylic acids is 1. The molecule has 18 heavy (non-hydrogen) atoms. The molecule has 0 spiro atoms. The van der Waals surface area contributed by atoms with Gasteiger partial charge in [-0.05, 0) is 36.3 Å². The van der Waals surface area contributed by atoms with Crippen LogP contribution in [0.25, 0.3) is 0 Å². The highest BCUT2D eigenvalue weighted by Crippen LogP contribution is 2.14. The minimum atomic E-state index is -1.03. The van der Waals surface area contributed by atoms with Gasteiger partial charge in [0.2, 0.25) is 5.91 Å². The van der Waals surface area contributed by atoms with Gasteiger partial charge in [0.1, 0.15) is 5.75 Å². The van der Waals surface area contributed by atoms with Crippen molar-refractivity contribution in [1.82, 2.24) is 5.32 Å². The SMILES string of the molecule is Cc1ccsc1CNC(=O)C[S@](=O)CCC(C)C. The van der Waals surface area contributed by atoms with Gasteiger partial charge in [-0.3, -0.25) is 9.00 Å². The number of carbonyl (C=O) groups is 1. The summed E-state index contributed by atoms with van der Waals surface area (Å²) in [4.78, 5) is 12.8. The molecule has 0 aliphatic carbocycles. The summed E-state index contributed by atoms with van der Waals surface area (Å²) in [5.74, 6) is 1.15. The van der Waals surface area contributed by atoms with E-state index in [1.54, 1.807) is 11.3 Å². The zero-order chi connectivity index (χ0) is 13.5. The van der Waals surface area contributed by atoms with Crippen LogP contribution in [0.15, 0.2) is 11.4 Å². The third kappa shape index (κ3) is 5.78. The van der Waals surface area contributed by atoms with E-state index in [1.807, 2.05) is 18.4 Å². The molecule has 1 rings (SSSR count). The summed E-state index contributed by atoms with van der Waals surface area (Å²) in [5, 5.41) is 4.83. The van der Waals surface area contributed by atoms with Gasteiger partial charge in [-0.25, -0.2) is 0 Å². The molecule has 5 heteroatoms. The molecule has 0 radical (unpaired) electrons. The predicted octanol–water partition coefficient (Wildman–Crippen LogP) is 2.47. The molecule has 0 fully saturated rings. The van der Waals surface area contributed by atoms with Crippen molar-refractivity contribution in [1.29, 1.82) is 0 Å². The minimum Gasteiger partial charge on any atom is -0.350 e. The molecule has 0 aromatic carbocycles. The standard InChI is InChI=1S/C13H21NO2S2/c1-10(2)5-7-18(16)9-13(15)14-8-12-11(3)4-6-17-12/h4,6,10H,5,7-9H2,1-3H3,(H,14,15)/t18-/m1/s1. The molecule has 102 valence electrons. The summed E-state index contributed by atoms with van der Waals surface area (Å²) in [6.45, 7) is 6.76. The Hall–Kier alpha value is -0.680. The van der Waals surface area contributed by atoms with Gasteiger partial charge in [-0.15, -0.1) is 11.3 Å². The number of rotatable bonds is 7. The summed E-state index contributed by atoms with van der Waals surface area (Å²) < 4.78 is 11.6. The maximum Gasteiger partial charge on any atom is 0.232 e. The van der Waals surface area contributed by atoms with Gasteiger partial charge in [0, 0.05) is 21.4 Å². The minimum absolute atomic E-state index is 0.120. The van der Waals surface area contributed by atoms with Crippen molar-refractivity contribution in [2.45, 2.75) is 33.7 Å². The lowest BCUT2D eigenvalue weighted by atomic mass is 10.2. The van der Waals surface area contributed by atoms with Gasteiger partial charge < -0.3 is 5.32 Å². The fourth-order valence-electron chi connectivity index (χ4n) is 1.40. The molecule has 0 aliphatic heterocycles. The van der Waals surface area contributed by atoms with Crippen molar-refractivity contribution in [2.24, 2.45) is 5.92 Å². The molecule has 1 amide bonds. The monoisotopic (exact) mass is 287 g/mol. The van der Waals surface area contributed by atoms with E-state index in [0.29, 0.717) is 18.2 Å². The van der Waals surface area contributed by atoms with Gasteiger partial charge in [0.15, 0.2) is 0 Å². The summed E-state index contributed by atoms with van der Waals surface area (Å²) in [6, 6.07) is 2.03. The Morgan fingerprint density at radius 3 is 2.78 bits per heavy atom. The Balaban J connectivity index is 2.25. The average Bonchev–Trinajstić information content (AvgIpc) is 2.69. The van der Waals surface area contributed by atoms with E-state index < -0.39 is 10.8 Å². The van der Waals surface area contributed by atoms with Crippen molar-refractivity contribution in [3.63, 3.8) is 0 Å². The molecule has 1 aromatic heterocycles. The Kier molecular flexibility index (Phi) is 6.57. The van der Waals surface area contributed by atoms with Gasteiger partial charge in [0.25, 0.3) is 0 Å². The summed E-state index contributed by atoms with van der Waals surface area (Å²) in [7, 11) is -1.03. The second-order valence-electron chi connectivity index (χ2n) is 4.77. The highest BCUT2D eigenvalue weighted by atomic mass is 32.2. The number of nitrogens with one attached hydrogen (secondary N) is 1. The molecule has 0 saturated carbocycles. The molecular formula is C13H21NO2S2. The fourth-order valence-corrected chi connectivity index (χ4v) is 3.52. The van der Waals surface area contributed by atoms with Crippen LogP contribution in [0.4, 0.5) is 0 Å². The lowest BCUT2D eigenvalue weighted by Crippen LogP contribution is -2.28. The third-order valence-corrected chi connectivity index (χ3v) is 4.93. The van der Waals surface area contributed by atoms with Crippen molar-refractivity contribution >= 4 is 28.0 Å². The Labute approximate surface area is 115 Å². The molecule has 0 unspecified atom stereocenters. The zero-order valence-electron chi connectivity index (χ0n) is 11.2. The van der Waals surface area contributed by atoms with Gasteiger partial charge in [0.05, 0.1) is 6.54 Å². The molecule has 0 saturated heterocycles. The van der Waals surface area contributed by atoms with Crippen LogP contribution in [0.3, 0.4) is 0 Å². The summed E-state index contributed by atoms with van der Waals surface area (Å²) >= 11 is 1.63. The quantitative estimate of drug-likeness (QED) is 0.837. The van der Waals surface area contributed by atoms with E-state index in [2.05, 4.69) is 19.2 Å². The Morgan fingerprint density at radius 2 is 2.22 bits per heavy atom. The number of hydrogen-bond acceptors (Lipinski definition) is 3. The molecule has 3 nitrogen and oxygen atoms in total. The first-order valence-electron chi connectivity index (χ1n) is 6.13. The van der Waals surface area contributed by atoms with E-state index in [4.69, 9.17) is 0 Å². The van der Waals surface area contributed by atoms with Crippen LogP contribution in [0.1, 0.15) is 30.7 Å². The van der Waals surface area contributed by atoms with Gasteiger partial charge in [-0.2, -0.15) is 0 Å². The number of amides is 1. The fraction of sp³-hybridized carbons (Fsp3) is 0.615. The highest BCUT2D eigenvalue weighted by molar-refractivity contribution is 7.85. The van der Waals surface area contributed by atoms with Crippen LogP contribution in [0.5, 0.6) is 0 Å². The van der Waals surface area contributed by atoms with Crippen LogP contribution < -0.4 is 5.32 Å². The highest BCUT2D eigenvalue weighted by Gasteiger charge is 2.09. The van der Waals surface area contributed by atoms with Gasteiger partial charge in [-0.1, -0.05) is 13.8 Å². The maximum absolute atomic E-state index is 11.6. The third-order valence-electron chi connectivity index (χ3n) is 2.63. The number of thiophene rings is 1. The lowest BCUT2D eigenvalue weighted by molar-refractivity contribution is -0.118. The van der Waals surface area contributed by atoms with Crippen molar-refractivity contribution in [3.8, 4) is 0 Å². The van der Waals surface area contributed by atoms with Crippen LogP contribution in [0, 0.1) is 12.8 Å². The second kappa shape index (κ2) is 7.69. The molecule has 1 aromatic rings. The largest absolute Gasteiger partial charge is 0.350 e. The Bertz CT molecular complexity index is 413. The van der Waals surface area contributed by atoms with Crippen LogP contribution in [-0.2, 0) is 22.1 Å². The maximum atomic E-state index is 11.6. The van der Waals surface area contributed by atoms with E-state index in [0.717, 1.165) is 11.3 Å². The lowest BCUT2D eigenvalue weighted by Gasteiger charge is -2.06. The van der Waals surface area contributed by atoms with E-state index in [1.165, 1.54) is 5.56 Å². The molecule has 0 aliphatic rings. The van der Waals surface area contributed by atoms with E-state index in [-0.39, 0.29) is 11.7 Å². The number of aryl methyl sites for hydroxylation is 1. The van der Waals surface area contributed by atoms with Gasteiger partial charge >= 0.3 is 0 Å². The normalized spacial score (nSPS) is 12.7. The summed E-state index contributed by atoms with van der Waals surface area (Å²) in [6.07, 6.45) is 0.907.